The molecule has 6 aromatic carbocycles. The van der Waals surface area contributed by atoms with E-state index < -0.39 is 0 Å². The van der Waals surface area contributed by atoms with Gasteiger partial charge in [-0.1, -0.05) is 143 Å². The first-order valence-corrected chi connectivity index (χ1v) is 17.0. The molecule has 0 saturated heterocycles. The highest BCUT2D eigenvalue weighted by Gasteiger charge is 2.37. The average Bonchev–Trinajstić information content (AvgIpc) is 3.51. The Kier molecular flexibility index (Phi) is 6.47. The van der Waals surface area contributed by atoms with Crippen molar-refractivity contribution in [1.82, 2.24) is 15.0 Å². The standard InChI is InChI=1S/C45H36N4/c1-44(2)37-21-13-11-19-33(37)35-27-30(23-25-39(35)44)42-46-41(29-15-7-5-8-16-29)47-43(48-42)49(31-17-9-6-10-18-31)32-24-26-40-36(28-32)34-20-12-14-22-38(34)45(40,3)4/h5-28H,1-4H3. The number of para-hydroxylation sites is 1. The van der Waals surface area contributed by atoms with Crippen molar-refractivity contribution in [2.45, 2.75) is 38.5 Å². The minimum absolute atomic E-state index is 0.0746. The van der Waals surface area contributed by atoms with Gasteiger partial charge in [0, 0.05) is 33.3 Å². The quantitative estimate of drug-likeness (QED) is 0.189. The normalized spacial score (nSPS) is 14.4. The van der Waals surface area contributed by atoms with Crippen LogP contribution in [0.25, 0.3) is 45.0 Å². The van der Waals surface area contributed by atoms with Crippen LogP contribution in [-0.4, -0.2) is 15.0 Å². The fraction of sp³-hybridized carbons (Fsp3) is 0.133. The van der Waals surface area contributed by atoms with Crippen molar-refractivity contribution in [2.75, 3.05) is 4.90 Å². The molecule has 49 heavy (non-hydrogen) atoms. The summed E-state index contributed by atoms with van der Waals surface area (Å²) >= 11 is 0. The third kappa shape index (κ3) is 4.55. The summed E-state index contributed by atoms with van der Waals surface area (Å²) in [6.45, 7) is 9.24. The third-order valence-corrected chi connectivity index (χ3v) is 10.5. The molecule has 9 rings (SSSR count). The monoisotopic (exact) mass is 632 g/mol. The van der Waals surface area contributed by atoms with Gasteiger partial charge in [0.25, 0.3) is 0 Å². The van der Waals surface area contributed by atoms with Crippen molar-refractivity contribution >= 4 is 17.3 Å². The zero-order chi connectivity index (χ0) is 33.3. The first-order valence-electron chi connectivity index (χ1n) is 17.0. The summed E-state index contributed by atoms with van der Waals surface area (Å²) in [5, 5.41) is 0. The number of fused-ring (bicyclic) bond motifs is 6. The highest BCUT2D eigenvalue weighted by molar-refractivity contribution is 5.87. The molecule has 0 fully saturated rings. The Labute approximate surface area is 287 Å². The smallest absolute Gasteiger partial charge is 0.238 e. The molecule has 0 saturated carbocycles. The van der Waals surface area contributed by atoms with Crippen LogP contribution in [0.3, 0.4) is 0 Å². The first kappa shape index (κ1) is 29.3. The van der Waals surface area contributed by atoms with Gasteiger partial charge in [0.2, 0.25) is 5.95 Å². The van der Waals surface area contributed by atoms with E-state index in [2.05, 4.69) is 154 Å². The number of rotatable bonds is 5. The average molecular weight is 633 g/mol. The van der Waals surface area contributed by atoms with Crippen LogP contribution in [0.1, 0.15) is 49.9 Å². The molecule has 0 aliphatic heterocycles. The van der Waals surface area contributed by atoms with Crippen molar-refractivity contribution in [3.05, 3.63) is 168 Å². The molecular formula is C45H36N4. The fourth-order valence-corrected chi connectivity index (χ4v) is 7.97. The Morgan fingerprint density at radius 3 is 1.51 bits per heavy atom. The number of benzene rings is 6. The maximum absolute atomic E-state index is 5.27. The molecule has 0 amide bonds. The molecule has 0 N–H and O–H groups in total. The summed E-state index contributed by atoms with van der Waals surface area (Å²) in [6.07, 6.45) is 0. The van der Waals surface area contributed by atoms with Crippen LogP contribution >= 0.6 is 0 Å². The number of aromatic nitrogens is 3. The second-order valence-corrected chi connectivity index (χ2v) is 14.2. The summed E-state index contributed by atoms with van der Waals surface area (Å²) in [5.74, 6) is 1.85. The van der Waals surface area contributed by atoms with Crippen molar-refractivity contribution < 1.29 is 0 Å². The molecule has 4 nitrogen and oxygen atoms in total. The van der Waals surface area contributed by atoms with Crippen molar-refractivity contribution in [2.24, 2.45) is 0 Å². The molecule has 0 unspecified atom stereocenters. The maximum atomic E-state index is 5.27. The van der Waals surface area contributed by atoms with Crippen LogP contribution in [-0.2, 0) is 10.8 Å². The Morgan fingerprint density at radius 2 is 0.878 bits per heavy atom. The van der Waals surface area contributed by atoms with Crippen molar-refractivity contribution in [1.29, 1.82) is 0 Å². The molecular weight excluding hydrogens is 597 g/mol. The largest absolute Gasteiger partial charge is 0.279 e. The maximum Gasteiger partial charge on any atom is 0.238 e. The molecule has 0 spiro atoms. The molecule has 1 heterocycles. The van der Waals surface area contributed by atoms with Crippen molar-refractivity contribution in [3.8, 4) is 45.0 Å². The van der Waals surface area contributed by atoms with Gasteiger partial charge in [-0.15, -0.1) is 0 Å². The predicted molar refractivity (Wildman–Crippen MR) is 201 cm³/mol. The van der Waals surface area contributed by atoms with E-state index in [9.17, 15) is 0 Å². The molecule has 0 radical (unpaired) electrons. The van der Waals surface area contributed by atoms with Gasteiger partial charge in [-0.05, 0) is 74.8 Å². The van der Waals surface area contributed by atoms with Gasteiger partial charge >= 0.3 is 0 Å². The zero-order valence-corrected chi connectivity index (χ0v) is 28.1. The number of nitrogens with zero attached hydrogens (tertiary/aromatic N) is 4. The molecule has 1 aromatic heterocycles. The van der Waals surface area contributed by atoms with Gasteiger partial charge in [0.05, 0.1) is 0 Å². The zero-order valence-electron chi connectivity index (χ0n) is 28.1. The molecule has 2 aliphatic rings. The Balaban J connectivity index is 1.26. The van der Waals surface area contributed by atoms with E-state index in [4.69, 9.17) is 15.0 Å². The molecule has 7 aromatic rings. The predicted octanol–water partition coefficient (Wildman–Crippen LogP) is 11.3. The third-order valence-electron chi connectivity index (χ3n) is 10.5. The SMILES string of the molecule is CC1(C)c2ccccc2-c2cc(-c3nc(-c4ccccc4)nc(N(c4ccccc4)c4ccc5c(c4)-c4ccccc4C5(C)C)n3)ccc21. The highest BCUT2D eigenvalue weighted by atomic mass is 15.3. The van der Waals surface area contributed by atoms with Gasteiger partial charge in [0.15, 0.2) is 11.6 Å². The van der Waals surface area contributed by atoms with Crippen LogP contribution in [0.15, 0.2) is 146 Å². The first-order chi connectivity index (χ1) is 23.8. The number of hydrogen-bond acceptors (Lipinski definition) is 4. The Morgan fingerprint density at radius 1 is 0.388 bits per heavy atom. The van der Waals surface area contributed by atoms with E-state index in [-0.39, 0.29) is 10.8 Å². The highest BCUT2D eigenvalue weighted by Crippen LogP contribution is 2.51. The number of hydrogen-bond donors (Lipinski definition) is 0. The van der Waals surface area contributed by atoms with Crippen LogP contribution in [0, 0.1) is 0 Å². The van der Waals surface area contributed by atoms with Gasteiger partial charge in [-0.3, -0.25) is 4.90 Å². The summed E-state index contributed by atoms with van der Waals surface area (Å²) in [7, 11) is 0. The topological polar surface area (TPSA) is 41.9 Å². The lowest BCUT2D eigenvalue weighted by Gasteiger charge is -2.26. The molecule has 0 atom stereocenters. The lowest BCUT2D eigenvalue weighted by molar-refractivity contribution is 0.660. The lowest BCUT2D eigenvalue weighted by Crippen LogP contribution is -2.17. The van der Waals surface area contributed by atoms with Gasteiger partial charge < -0.3 is 0 Å². The van der Waals surface area contributed by atoms with Crippen molar-refractivity contribution in [3.63, 3.8) is 0 Å². The fourth-order valence-electron chi connectivity index (χ4n) is 7.97. The van der Waals surface area contributed by atoms with Crippen LogP contribution in [0.4, 0.5) is 17.3 Å². The summed E-state index contributed by atoms with van der Waals surface area (Å²) in [4.78, 5) is 17.7. The molecule has 0 bridgehead atoms. The van der Waals surface area contributed by atoms with Gasteiger partial charge in [-0.2, -0.15) is 9.97 Å². The van der Waals surface area contributed by atoms with E-state index in [0.29, 0.717) is 17.6 Å². The van der Waals surface area contributed by atoms with E-state index >= 15 is 0 Å². The summed E-state index contributed by atoms with van der Waals surface area (Å²) in [5.41, 5.74) is 14.1. The van der Waals surface area contributed by atoms with Crippen LogP contribution in [0.5, 0.6) is 0 Å². The second-order valence-electron chi connectivity index (χ2n) is 14.2. The second kappa shape index (κ2) is 10.8. The lowest BCUT2D eigenvalue weighted by atomic mass is 9.82. The minimum atomic E-state index is -0.0798. The van der Waals surface area contributed by atoms with E-state index in [1.54, 1.807) is 0 Å². The van der Waals surface area contributed by atoms with E-state index in [1.807, 2.05) is 24.3 Å². The van der Waals surface area contributed by atoms with Crippen LogP contribution in [0.2, 0.25) is 0 Å². The Hall–Kier alpha value is -5.87. The summed E-state index contributed by atoms with van der Waals surface area (Å²) < 4.78 is 0. The molecule has 236 valence electrons. The van der Waals surface area contributed by atoms with E-state index in [0.717, 1.165) is 22.5 Å². The molecule has 2 aliphatic carbocycles. The summed E-state index contributed by atoms with van der Waals surface area (Å²) in [6, 6.07) is 51.6. The number of anilines is 3. The van der Waals surface area contributed by atoms with Gasteiger partial charge in [0.1, 0.15) is 0 Å². The molecule has 4 heteroatoms. The minimum Gasteiger partial charge on any atom is -0.279 e. The van der Waals surface area contributed by atoms with Gasteiger partial charge in [-0.25, -0.2) is 4.98 Å². The van der Waals surface area contributed by atoms with Crippen LogP contribution < -0.4 is 4.90 Å². The van der Waals surface area contributed by atoms with E-state index in [1.165, 1.54) is 44.5 Å². The Bertz CT molecular complexity index is 2390.